The van der Waals surface area contributed by atoms with Gasteiger partial charge in [-0.3, -0.25) is 4.79 Å². The van der Waals surface area contributed by atoms with E-state index in [1.807, 2.05) is 59.8 Å². The Labute approximate surface area is 266 Å². The van der Waals surface area contributed by atoms with Crippen LogP contribution < -0.4 is 10.2 Å². The van der Waals surface area contributed by atoms with Crippen molar-refractivity contribution in [2.75, 3.05) is 10.2 Å². The Bertz CT molecular complexity index is 1230. The Balaban J connectivity index is 0. The van der Waals surface area contributed by atoms with E-state index in [0.29, 0.717) is 11.3 Å². The molecule has 3 nitrogen and oxygen atoms in total. The molecule has 0 atom stereocenters. The number of anilines is 2. The fourth-order valence-corrected chi connectivity index (χ4v) is 3.44. The van der Waals surface area contributed by atoms with Gasteiger partial charge in [-0.2, -0.15) is 13.2 Å². The van der Waals surface area contributed by atoms with E-state index in [0.717, 1.165) is 42.5 Å². The summed E-state index contributed by atoms with van der Waals surface area (Å²) in [5.74, 6) is -0.444. The van der Waals surface area contributed by atoms with Gasteiger partial charge in [-0.05, 0) is 103 Å². The van der Waals surface area contributed by atoms with E-state index >= 15 is 0 Å². The first-order chi connectivity index (χ1) is 20.7. The lowest BCUT2D eigenvalue weighted by atomic mass is 10.00. The lowest BCUT2D eigenvalue weighted by molar-refractivity contribution is -0.137. The van der Waals surface area contributed by atoms with Crippen LogP contribution >= 0.6 is 0 Å². The van der Waals surface area contributed by atoms with E-state index in [1.54, 1.807) is 48.5 Å². The molecule has 0 saturated carbocycles. The zero-order valence-corrected chi connectivity index (χ0v) is 28.7. The minimum Gasteiger partial charge on any atom is -0.324 e. The van der Waals surface area contributed by atoms with Crippen LogP contribution in [-0.2, 0) is 12.6 Å². The molecule has 0 spiro atoms. The lowest BCUT2D eigenvalue weighted by Crippen LogP contribution is -2.16. The Kier molecular flexibility index (Phi) is 22.7. The van der Waals surface area contributed by atoms with E-state index in [9.17, 15) is 18.0 Å². The van der Waals surface area contributed by atoms with Crippen LogP contribution in [0.1, 0.15) is 109 Å². The molecule has 0 aliphatic heterocycles. The van der Waals surface area contributed by atoms with Crippen LogP contribution in [0.3, 0.4) is 0 Å². The molecule has 0 aliphatic carbocycles. The van der Waals surface area contributed by atoms with Crippen LogP contribution in [0.25, 0.3) is 0 Å². The second-order valence-electron chi connectivity index (χ2n) is 10.4. The van der Waals surface area contributed by atoms with Crippen molar-refractivity contribution in [1.82, 2.24) is 0 Å². The molecule has 6 heteroatoms. The Morgan fingerprint density at radius 1 is 0.977 bits per heavy atom. The normalized spacial score (nSPS) is 10.6. The van der Waals surface area contributed by atoms with Gasteiger partial charge < -0.3 is 10.2 Å². The Morgan fingerprint density at radius 3 is 1.98 bits per heavy atom. The molecule has 2 aromatic rings. The van der Waals surface area contributed by atoms with E-state index in [1.165, 1.54) is 23.6 Å². The van der Waals surface area contributed by atoms with Gasteiger partial charge in [-0.1, -0.05) is 81.7 Å². The lowest BCUT2D eigenvalue weighted by Gasteiger charge is -2.20. The second-order valence-corrected chi connectivity index (χ2v) is 10.4. The number of amides is 1. The zero-order chi connectivity index (χ0) is 34.3. The highest BCUT2D eigenvalue weighted by Crippen LogP contribution is 2.35. The summed E-state index contributed by atoms with van der Waals surface area (Å²) in [4.78, 5) is 14.4. The van der Waals surface area contributed by atoms with Crippen LogP contribution in [0.2, 0.25) is 0 Å². The van der Waals surface area contributed by atoms with Gasteiger partial charge in [-0.15, -0.1) is 6.58 Å². The van der Waals surface area contributed by atoms with Gasteiger partial charge >= 0.3 is 6.18 Å². The summed E-state index contributed by atoms with van der Waals surface area (Å²) in [6, 6.07) is 8.98. The van der Waals surface area contributed by atoms with Gasteiger partial charge in [-0.25, -0.2) is 0 Å². The van der Waals surface area contributed by atoms with Crippen molar-refractivity contribution in [2.45, 2.75) is 101 Å². The standard InChI is InChI=1S/C26H31F3N2O.C6H10.C3H8.C3H6/c1-6-8-9-20-10-11-21(13-19(20)5)25(32)30-23-14-22(26(27,28)29)15-24(16-23)31(12-7-2)17-18(3)4;1-4-6(3)5-2;2*1-3-2/h7,10-17H,6,8-9H2,1-5H3,(H,30,32);4-5H,1H2,2-3H3;3H2,1-2H3;3H,1H2,2H3/b12-7-;6-5-;;. The smallest absolute Gasteiger partial charge is 0.324 e. The van der Waals surface area contributed by atoms with Gasteiger partial charge in [0, 0.05) is 29.3 Å². The zero-order valence-electron chi connectivity index (χ0n) is 28.7. The molecule has 2 rings (SSSR count). The predicted molar refractivity (Wildman–Crippen MR) is 187 cm³/mol. The average Bonchev–Trinajstić information content (AvgIpc) is 2.96. The fourth-order valence-electron chi connectivity index (χ4n) is 3.44. The highest BCUT2D eigenvalue weighted by molar-refractivity contribution is 6.04. The van der Waals surface area contributed by atoms with E-state index in [2.05, 4.69) is 39.2 Å². The summed E-state index contributed by atoms with van der Waals surface area (Å²) >= 11 is 0. The first kappa shape index (κ1) is 42.3. The monoisotopic (exact) mass is 612 g/mol. The predicted octanol–water partition coefficient (Wildman–Crippen LogP) is 12.6. The average molecular weight is 613 g/mol. The summed E-state index contributed by atoms with van der Waals surface area (Å²) in [7, 11) is 0. The van der Waals surface area contributed by atoms with Crippen LogP contribution in [0, 0.1) is 6.92 Å². The summed E-state index contributed by atoms with van der Waals surface area (Å²) in [6.07, 6.45) is 10.5. The number of hydrogen-bond donors (Lipinski definition) is 1. The Hall–Kier alpha value is -3.80. The molecule has 0 saturated heterocycles. The highest BCUT2D eigenvalue weighted by atomic mass is 19.4. The number of nitrogens with zero attached hydrogens (tertiary/aromatic N) is 1. The SMILES string of the molecule is C/C=C\N(C=C(C)C)c1cc(NC(=O)c2ccc(CCCC)c(C)c2)cc(C(F)(F)F)c1.C=C/C(C)=C\C.C=CC.CCC. The molecule has 0 aliphatic rings. The molecular weight excluding hydrogens is 557 g/mol. The number of benzene rings is 2. The van der Waals surface area contributed by atoms with Crippen molar-refractivity contribution in [2.24, 2.45) is 0 Å². The van der Waals surface area contributed by atoms with E-state index in [-0.39, 0.29) is 5.69 Å². The largest absolute Gasteiger partial charge is 0.416 e. The van der Waals surface area contributed by atoms with Crippen LogP contribution in [0.5, 0.6) is 0 Å². The van der Waals surface area contributed by atoms with E-state index < -0.39 is 17.6 Å². The minimum atomic E-state index is -4.54. The maximum absolute atomic E-state index is 13.6. The Morgan fingerprint density at radius 2 is 1.57 bits per heavy atom. The van der Waals surface area contributed by atoms with Gasteiger partial charge in [0.05, 0.1) is 5.56 Å². The van der Waals surface area contributed by atoms with Gasteiger partial charge in [0.15, 0.2) is 0 Å². The number of rotatable bonds is 9. The number of aryl methyl sites for hydroxylation is 2. The maximum atomic E-state index is 13.6. The number of allylic oxidation sites excluding steroid dienone is 6. The number of carbonyl (C=O) groups is 1. The molecule has 44 heavy (non-hydrogen) atoms. The number of hydrogen-bond acceptors (Lipinski definition) is 2. The third-order valence-electron chi connectivity index (χ3n) is 5.69. The molecule has 0 heterocycles. The van der Waals surface area contributed by atoms with E-state index in [4.69, 9.17) is 0 Å². The summed E-state index contributed by atoms with van der Waals surface area (Å²) in [5, 5.41) is 2.64. The van der Waals surface area contributed by atoms with Gasteiger partial charge in [0.2, 0.25) is 0 Å². The molecule has 0 fully saturated rings. The number of halogens is 3. The summed E-state index contributed by atoms with van der Waals surface area (Å²) in [6.45, 7) is 26.7. The molecule has 0 radical (unpaired) electrons. The molecule has 1 amide bonds. The summed E-state index contributed by atoms with van der Waals surface area (Å²) in [5.41, 5.74) is 4.31. The first-order valence-electron chi connectivity index (χ1n) is 15.2. The first-order valence-corrected chi connectivity index (χ1v) is 15.2. The topological polar surface area (TPSA) is 32.3 Å². The number of alkyl halides is 3. The van der Waals surface area contributed by atoms with Crippen molar-refractivity contribution in [3.05, 3.63) is 120 Å². The molecule has 244 valence electrons. The quantitative estimate of drug-likeness (QED) is 0.226. The van der Waals surface area contributed by atoms with Crippen LogP contribution in [0.4, 0.5) is 24.5 Å². The van der Waals surface area contributed by atoms with Gasteiger partial charge in [0.1, 0.15) is 0 Å². The van der Waals surface area contributed by atoms with Crippen molar-refractivity contribution in [3.63, 3.8) is 0 Å². The van der Waals surface area contributed by atoms with Crippen molar-refractivity contribution < 1.29 is 18.0 Å². The van der Waals surface area contributed by atoms with Crippen molar-refractivity contribution >= 4 is 17.3 Å². The third-order valence-corrected chi connectivity index (χ3v) is 5.69. The molecule has 1 N–H and O–H groups in total. The van der Waals surface area contributed by atoms with Crippen LogP contribution in [0.15, 0.2) is 97.4 Å². The number of carbonyl (C=O) groups excluding carboxylic acids is 1. The molecule has 2 aromatic carbocycles. The van der Waals surface area contributed by atoms with Crippen molar-refractivity contribution in [1.29, 1.82) is 0 Å². The number of unbranched alkanes of at least 4 members (excludes halogenated alkanes) is 1. The van der Waals surface area contributed by atoms with Crippen molar-refractivity contribution in [3.8, 4) is 0 Å². The minimum absolute atomic E-state index is 0.0872. The number of nitrogens with one attached hydrogen (secondary N) is 1. The molecule has 0 aromatic heterocycles. The second kappa shape index (κ2) is 23.6. The maximum Gasteiger partial charge on any atom is 0.416 e. The summed E-state index contributed by atoms with van der Waals surface area (Å²) < 4.78 is 40.7. The third kappa shape index (κ3) is 18.0. The van der Waals surface area contributed by atoms with Gasteiger partial charge in [0.25, 0.3) is 5.91 Å². The molecule has 0 bridgehead atoms. The highest BCUT2D eigenvalue weighted by Gasteiger charge is 2.32. The molecule has 0 unspecified atom stereocenters. The van der Waals surface area contributed by atoms with Crippen LogP contribution in [-0.4, -0.2) is 5.91 Å². The molecular formula is C38H55F3N2O. The fraction of sp³-hybridized carbons (Fsp3) is 0.395.